The van der Waals surface area contributed by atoms with Crippen LogP contribution in [0.25, 0.3) is 0 Å². The van der Waals surface area contributed by atoms with Gasteiger partial charge in [0.2, 0.25) is 5.91 Å². The van der Waals surface area contributed by atoms with Crippen molar-refractivity contribution in [3.63, 3.8) is 0 Å². The Hall–Kier alpha value is -0.940. The van der Waals surface area contributed by atoms with Gasteiger partial charge in [0.15, 0.2) is 0 Å². The molecule has 5 heteroatoms. The van der Waals surface area contributed by atoms with E-state index in [1.165, 1.54) is 12.8 Å². The number of nitrogens with two attached hydrogens (primary N) is 1. The second kappa shape index (κ2) is 6.48. The maximum atomic E-state index is 12.2. The van der Waals surface area contributed by atoms with Crippen molar-refractivity contribution in [3.8, 4) is 0 Å². The number of carbonyl (C=O) groups excluding carboxylic acids is 1. The highest BCUT2D eigenvalue weighted by Gasteiger charge is 2.35. The molecule has 0 aromatic carbocycles. The van der Waals surface area contributed by atoms with Gasteiger partial charge in [0.1, 0.15) is 0 Å². The third-order valence-corrected chi connectivity index (χ3v) is 4.88. The van der Waals surface area contributed by atoms with Crippen molar-refractivity contribution in [3.05, 3.63) is 22.4 Å². The zero-order chi connectivity index (χ0) is 13.7. The lowest BCUT2D eigenvalue weighted by Gasteiger charge is -2.32. The third kappa shape index (κ3) is 3.76. The molecule has 2 rings (SSSR count). The standard InChI is InChI=1S/C14H20N2OS2/c15-13(18)14(6-3-1-2-4-7-14)16-12(17)9-11-5-8-19-10-11/h5,8,10H,1-4,6-7,9H2,(H2,15,18)(H,16,17). The van der Waals surface area contributed by atoms with Gasteiger partial charge in [0.05, 0.1) is 16.9 Å². The fourth-order valence-electron chi connectivity index (χ4n) is 2.65. The molecule has 1 aliphatic carbocycles. The Bertz CT molecular complexity index is 434. The molecule has 0 unspecified atom stereocenters. The molecular weight excluding hydrogens is 276 g/mol. The van der Waals surface area contributed by atoms with E-state index in [0.717, 1.165) is 31.2 Å². The Labute approximate surface area is 123 Å². The summed E-state index contributed by atoms with van der Waals surface area (Å²) in [5.74, 6) is 0.0214. The summed E-state index contributed by atoms with van der Waals surface area (Å²) < 4.78 is 0. The van der Waals surface area contributed by atoms with Crippen LogP contribution in [-0.2, 0) is 11.2 Å². The van der Waals surface area contributed by atoms with E-state index >= 15 is 0 Å². The lowest BCUT2D eigenvalue weighted by molar-refractivity contribution is -0.121. The van der Waals surface area contributed by atoms with Gasteiger partial charge in [-0.25, -0.2) is 0 Å². The molecule has 104 valence electrons. The Morgan fingerprint density at radius 1 is 1.37 bits per heavy atom. The number of amides is 1. The summed E-state index contributed by atoms with van der Waals surface area (Å²) >= 11 is 6.83. The van der Waals surface area contributed by atoms with Gasteiger partial charge in [-0.3, -0.25) is 4.79 Å². The van der Waals surface area contributed by atoms with Crippen LogP contribution < -0.4 is 11.1 Å². The van der Waals surface area contributed by atoms with Gasteiger partial charge in [-0.15, -0.1) is 0 Å². The van der Waals surface area contributed by atoms with Gasteiger partial charge < -0.3 is 11.1 Å². The first-order valence-electron chi connectivity index (χ1n) is 6.74. The lowest BCUT2D eigenvalue weighted by atomic mass is 9.89. The molecule has 1 heterocycles. The molecule has 3 N–H and O–H groups in total. The van der Waals surface area contributed by atoms with E-state index in [-0.39, 0.29) is 5.91 Å². The van der Waals surface area contributed by atoms with Crippen molar-refractivity contribution in [2.45, 2.75) is 50.5 Å². The van der Waals surface area contributed by atoms with Gasteiger partial charge in [0, 0.05) is 0 Å². The number of nitrogens with one attached hydrogen (secondary N) is 1. The minimum Gasteiger partial charge on any atom is -0.391 e. The summed E-state index contributed by atoms with van der Waals surface area (Å²) in [5, 5.41) is 7.09. The van der Waals surface area contributed by atoms with Gasteiger partial charge in [-0.05, 0) is 35.2 Å². The van der Waals surface area contributed by atoms with E-state index in [0.29, 0.717) is 11.4 Å². The monoisotopic (exact) mass is 296 g/mol. The summed E-state index contributed by atoms with van der Waals surface area (Å²) in [6.07, 6.45) is 6.71. The quantitative estimate of drug-likeness (QED) is 0.663. The minimum atomic E-state index is -0.459. The fraction of sp³-hybridized carbons (Fsp3) is 0.571. The molecule has 3 nitrogen and oxygen atoms in total. The van der Waals surface area contributed by atoms with E-state index in [9.17, 15) is 4.79 Å². The van der Waals surface area contributed by atoms with Gasteiger partial charge in [-0.1, -0.05) is 37.9 Å². The van der Waals surface area contributed by atoms with E-state index < -0.39 is 5.54 Å². The second-order valence-corrected chi connectivity index (χ2v) is 6.44. The molecule has 1 saturated carbocycles. The van der Waals surface area contributed by atoms with Crippen molar-refractivity contribution >= 4 is 34.5 Å². The highest BCUT2D eigenvalue weighted by atomic mass is 32.1. The summed E-state index contributed by atoms with van der Waals surface area (Å²) in [5.41, 5.74) is 6.50. The fourth-order valence-corrected chi connectivity index (χ4v) is 3.58. The van der Waals surface area contributed by atoms with Crippen LogP contribution in [0.4, 0.5) is 0 Å². The summed E-state index contributed by atoms with van der Waals surface area (Å²) in [6, 6.07) is 1.98. The van der Waals surface area contributed by atoms with Crippen molar-refractivity contribution in [2.24, 2.45) is 5.73 Å². The highest BCUT2D eigenvalue weighted by molar-refractivity contribution is 7.80. The van der Waals surface area contributed by atoms with Crippen LogP contribution in [0.1, 0.15) is 44.1 Å². The normalized spacial score (nSPS) is 18.5. The molecule has 19 heavy (non-hydrogen) atoms. The van der Waals surface area contributed by atoms with Crippen molar-refractivity contribution in [1.82, 2.24) is 5.32 Å². The third-order valence-electron chi connectivity index (χ3n) is 3.75. The molecule has 1 aromatic heterocycles. The maximum absolute atomic E-state index is 12.2. The Morgan fingerprint density at radius 3 is 2.58 bits per heavy atom. The lowest BCUT2D eigenvalue weighted by Crippen LogP contribution is -2.56. The molecule has 0 bridgehead atoms. The summed E-state index contributed by atoms with van der Waals surface area (Å²) in [7, 11) is 0. The van der Waals surface area contributed by atoms with Crippen molar-refractivity contribution < 1.29 is 4.79 Å². The first-order chi connectivity index (χ1) is 9.12. The van der Waals surface area contributed by atoms with E-state index in [1.54, 1.807) is 11.3 Å². The molecule has 0 radical (unpaired) electrons. The predicted molar refractivity (Wildman–Crippen MR) is 83.4 cm³/mol. The van der Waals surface area contributed by atoms with Gasteiger partial charge in [0.25, 0.3) is 0 Å². The highest BCUT2D eigenvalue weighted by Crippen LogP contribution is 2.27. The summed E-state index contributed by atoms with van der Waals surface area (Å²) in [4.78, 5) is 12.6. The molecular formula is C14H20N2OS2. The zero-order valence-electron chi connectivity index (χ0n) is 11.0. The van der Waals surface area contributed by atoms with E-state index in [2.05, 4.69) is 5.32 Å². The molecule has 0 aliphatic heterocycles. The van der Waals surface area contributed by atoms with Gasteiger partial charge in [-0.2, -0.15) is 11.3 Å². The molecule has 1 aromatic rings. The van der Waals surface area contributed by atoms with Crippen LogP contribution >= 0.6 is 23.6 Å². The first-order valence-corrected chi connectivity index (χ1v) is 8.09. The van der Waals surface area contributed by atoms with Crippen LogP contribution in [0, 0.1) is 0 Å². The topological polar surface area (TPSA) is 55.1 Å². The Kier molecular flexibility index (Phi) is 4.93. The Balaban J connectivity index is 2.03. The molecule has 1 amide bonds. The average Bonchev–Trinajstić information content (AvgIpc) is 2.73. The number of rotatable bonds is 4. The van der Waals surface area contributed by atoms with Crippen molar-refractivity contribution in [2.75, 3.05) is 0 Å². The number of thiocarbonyl (C=S) groups is 1. The summed E-state index contributed by atoms with van der Waals surface area (Å²) in [6.45, 7) is 0. The van der Waals surface area contributed by atoms with Crippen LogP contribution in [0.2, 0.25) is 0 Å². The second-order valence-electron chi connectivity index (χ2n) is 5.22. The average molecular weight is 296 g/mol. The Morgan fingerprint density at radius 2 is 2.05 bits per heavy atom. The smallest absolute Gasteiger partial charge is 0.225 e. The predicted octanol–water partition coefficient (Wildman–Crippen LogP) is 2.79. The van der Waals surface area contributed by atoms with Gasteiger partial charge >= 0.3 is 0 Å². The number of hydrogen-bond acceptors (Lipinski definition) is 3. The van der Waals surface area contributed by atoms with E-state index in [1.807, 2.05) is 16.8 Å². The molecule has 0 saturated heterocycles. The van der Waals surface area contributed by atoms with Crippen LogP contribution in [0.15, 0.2) is 16.8 Å². The van der Waals surface area contributed by atoms with E-state index in [4.69, 9.17) is 18.0 Å². The number of thiophene rings is 1. The first kappa shape index (κ1) is 14.5. The molecule has 0 spiro atoms. The molecule has 1 aliphatic rings. The SMILES string of the molecule is NC(=S)C1(NC(=O)Cc2ccsc2)CCCCCC1. The van der Waals surface area contributed by atoms with Crippen LogP contribution in [0.3, 0.4) is 0 Å². The van der Waals surface area contributed by atoms with Crippen molar-refractivity contribution in [1.29, 1.82) is 0 Å². The largest absolute Gasteiger partial charge is 0.391 e. The number of carbonyl (C=O) groups is 1. The zero-order valence-corrected chi connectivity index (χ0v) is 12.6. The number of hydrogen-bond donors (Lipinski definition) is 2. The molecule has 0 atom stereocenters. The van der Waals surface area contributed by atoms with Crippen LogP contribution in [-0.4, -0.2) is 16.4 Å². The minimum absolute atomic E-state index is 0.0214. The maximum Gasteiger partial charge on any atom is 0.225 e. The van der Waals surface area contributed by atoms with Crippen LogP contribution in [0.5, 0.6) is 0 Å². The molecule has 1 fully saturated rings.